The monoisotopic (exact) mass is 348 g/mol. The first-order chi connectivity index (χ1) is 12.8. The molecule has 0 N–H and O–H groups in total. The minimum Gasteiger partial charge on any atom is -0.409 e. The Morgan fingerprint density at radius 3 is 2.54 bits per heavy atom. The van der Waals surface area contributed by atoms with Crippen LogP contribution in [0.3, 0.4) is 0 Å². The molecule has 1 fully saturated rings. The number of carbonyl (C=O) groups excluding carboxylic acids is 1. The molecule has 0 saturated carbocycles. The van der Waals surface area contributed by atoms with Crippen LogP contribution in [0.15, 0.2) is 67.3 Å². The first-order valence-corrected chi connectivity index (χ1v) is 8.76. The molecule has 2 aromatic heterocycles. The lowest BCUT2D eigenvalue weighted by Gasteiger charge is -2.31. The molecule has 0 aliphatic carbocycles. The average molecular weight is 348 g/mol. The van der Waals surface area contributed by atoms with E-state index in [4.69, 9.17) is 4.74 Å². The van der Waals surface area contributed by atoms with Crippen LogP contribution in [0.5, 0.6) is 5.75 Å². The molecule has 0 spiro atoms. The molecule has 0 atom stereocenters. The van der Waals surface area contributed by atoms with Crippen molar-refractivity contribution in [3.05, 3.63) is 67.3 Å². The molecule has 0 bridgehead atoms. The molecule has 26 heavy (non-hydrogen) atoms. The Morgan fingerprint density at radius 1 is 1.00 bits per heavy atom. The molecule has 0 unspecified atom stereocenters. The Bertz CT molecular complexity index is 856. The molecule has 132 valence electrons. The van der Waals surface area contributed by atoms with Crippen LogP contribution >= 0.6 is 0 Å². The molecule has 3 heterocycles. The lowest BCUT2D eigenvalue weighted by Crippen LogP contribution is -2.40. The number of nitrogens with zero attached hydrogens (tertiary/aromatic N) is 4. The Balaban J connectivity index is 1.35. The fourth-order valence-electron chi connectivity index (χ4n) is 3.20. The summed E-state index contributed by atoms with van der Waals surface area (Å²) in [6.45, 7) is 1.31. The van der Waals surface area contributed by atoms with Crippen LogP contribution in [0.4, 0.5) is 4.79 Å². The Kier molecular flexibility index (Phi) is 4.64. The topological polar surface area (TPSA) is 60.2 Å². The van der Waals surface area contributed by atoms with Crippen molar-refractivity contribution in [1.82, 2.24) is 19.7 Å². The summed E-state index contributed by atoms with van der Waals surface area (Å²) in [5.41, 5.74) is 2.28. The van der Waals surface area contributed by atoms with Gasteiger partial charge in [0.25, 0.3) is 0 Å². The van der Waals surface area contributed by atoms with Crippen molar-refractivity contribution in [3.63, 3.8) is 0 Å². The van der Waals surface area contributed by atoms with Gasteiger partial charge in [-0.25, -0.2) is 4.79 Å². The van der Waals surface area contributed by atoms with E-state index in [0.717, 1.165) is 24.0 Å². The molecule has 1 amide bonds. The van der Waals surface area contributed by atoms with Crippen molar-refractivity contribution in [2.24, 2.45) is 0 Å². The Hall–Kier alpha value is -3.15. The third kappa shape index (κ3) is 3.59. The molecular weight excluding hydrogens is 328 g/mol. The molecule has 6 heteroatoms. The number of carbonyl (C=O) groups is 1. The standard InChI is InChI=1S/C20H20N4O2/c25-20(26-19-7-4-10-21-14-19)23-11-8-18(9-12-23)24-15-17(13-22-24)16-5-2-1-3-6-16/h1-7,10,13-15,18H,8-9,11-12H2. The van der Waals surface area contributed by atoms with Crippen LogP contribution in [-0.4, -0.2) is 38.8 Å². The number of hydrogen-bond donors (Lipinski definition) is 0. The van der Waals surface area contributed by atoms with Gasteiger partial charge in [-0.3, -0.25) is 9.67 Å². The van der Waals surface area contributed by atoms with Crippen LogP contribution in [0.25, 0.3) is 11.1 Å². The van der Waals surface area contributed by atoms with Gasteiger partial charge < -0.3 is 9.64 Å². The van der Waals surface area contributed by atoms with Crippen LogP contribution < -0.4 is 4.74 Å². The second-order valence-electron chi connectivity index (χ2n) is 6.35. The molecule has 6 nitrogen and oxygen atoms in total. The molecule has 3 aromatic rings. The summed E-state index contributed by atoms with van der Waals surface area (Å²) in [4.78, 5) is 17.9. The molecule has 0 radical (unpaired) electrons. The van der Waals surface area contributed by atoms with Gasteiger partial charge in [-0.15, -0.1) is 0 Å². The first-order valence-electron chi connectivity index (χ1n) is 8.76. The van der Waals surface area contributed by atoms with Gasteiger partial charge >= 0.3 is 6.09 Å². The van der Waals surface area contributed by atoms with E-state index in [0.29, 0.717) is 24.9 Å². The zero-order chi connectivity index (χ0) is 17.8. The maximum absolute atomic E-state index is 12.3. The van der Waals surface area contributed by atoms with Gasteiger partial charge in [0.1, 0.15) is 0 Å². The highest BCUT2D eigenvalue weighted by atomic mass is 16.6. The van der Waals surface area contributed by atoms with Gasteiger partial charge in [0.15, 0.2) is 5.75 Å². The third-order valence-electron chi connectivity index (χ3n) is 4.64. The molecular formula is C20H20N4O2. The number of pyridine rings is 1. The van der Waals surface area contributed by atoms with E-state index < -0.39 is 0 Å². The van der Waals surface area contributed by atoms with Crippen molar-refractivity contribution >= 4 is 6.09 Å². The number of amides is 1. The van der Waals surface area contributed by atoms with Gasteiger partial charge in [-0.2, -0.15) is 5.10 Å². The Morgan fingerprint density at radius 2 is 1.81 bits per heavy atom. The summed E-state index contributed by atoms with van der Waals surface area (Å²) in [7, 11) is 0. The van der Waals surface area contributed by atoms with E-state index in [1.165, 1.54) is 0 Å². The summed E-state index contributed by atoms with van der Waals surface area (Å²) < 4.78 is 7.38. The van der Waals surface area contributed by atoms with Crippen LogP contribution in [0.2, 0.25) is 0 Å². The highest BCUT2D eigenvalue weighted by Crippen LogP contribution is 2.25. The minimum atomic E-state index is -0.318. The normalized spacial score (nSPS) is 15.0. The number of piperidine rings is 1. The van der Waals surface area contributed by atoms with Gasteiger partial charge in [0.2, 0.25) is 0 Å². The lowest BCUT2D eigenvalue weighted by atomic mass is 10.1. The van der Waals surface area contributed by atoms with Gasteiger partial charge in [0.05, 0.1) is 18.4 Å². The maximum atomic E-state index is 12.3. The van der Waals surface area contributed by atoms with Crippen molar-refractivity contribution in [2.75, 3.05) is 13.1 Å². The van der Waals surface area contributed by atoms with Gasteiger partial charge in [0, 0.05) is 31.0 Å². The molecule has 1 aliphatic rings. The SMILES string of the molecule is O=C(Oc1cccnc1)N1CCC(n2cc(-c3ccccc3)cn2)CC1. The van der Waals surface area contributed by atoms with Crippen LogP contribution in [0, 0.1) is 0 Å². The first kappa shape index (κ1) is 16.3. The van der Waals surface area contributed by atoms with Crippen molar-refractivity contribution < 1.29 is 9.53 Å². The summed E-state index contributed by atoms with van der Waals surface area (Å²) in [6.07, 6.45) is 8.58. The zero-order valence-electron chi connectivity index (χ0n) is 14.4. The average Bonchev–Trinajstić information content (AvgIpc) is 3.20. The number of rotatable bonds is 3. The van der Waals surface area contributed by atoms with Crippen LogP contribution in [0.1, 0.15) is 18.9 Å². The van der Waals surface area contributed by atoms with E-state index in [9.17, 15) is 4.79 Å². The van der Waals surface area contributed by atoms with E-state index in [1.54, 1.807) is 29.4 Å². The highest BCUT2D eigenvalue weighted by Gasteiger charge is 2.25. The second kappa shape index (κ2) is 7.39. The number of benzene rings is 1. The molecule has 1 saturated heterocycles. The van der Waals surface area contributed by atoms with E-state index >= 15 is 0 Å². The van der Waals surface area contributed by atoms with Crippen molar-refractivity contribution in [2.45, 2.75) is 18.9 Å². The molecule has 4 rings (SSSR count). The maximum Gasteiger partial charge on any atom is 0.415 e. The fourth-order valence-corrected chi connectivity index (χ4v) is 3.20. The van der Waals surface area contributed by atoms with Gasteiger partial charge in [-0.1, -0.05) is 30.3 Å². The molecule has 1 aliphatic heterocycles. The van der Waals surface area contributed by atoms with Crippen LogP contribution in [-0.2, 0) is 0 Å². The number of likely N-dealkylation sites (tertiary alicyclic amines) is 1. The molecule has 1 aromatic carbocycles. The predicted octanol–water partition coefficient (Wildman–Crippen LogP) is 3.78. The fraction of sp³-hybridized carbons (Fsp3) is 0.250. The summed E-state index contributed by atoms with van der Waals surface area (Å²) >= 11 is 0. The minimum absolute atomic E-state index is 0.301. The number of ether oxygens (including phenoxy) is 1. The largest absolute Gasteiger partial charge is 0.415 e. The summed E-state index contributed by atoms with van der Waals surface area (Å²) in [6, 6.07) is 14.0. The second-order valence-corrected chi connectivity index (χ2v) is 6.35. The summed E-state index contributed by atoms with van der Waals surface area (Å²) in [5, 5.41) is 4.53. The summed E-state index contributed by atoms with van der Waals surface area (Å²) in [5.74, 6) is 0.471. The number of aromatic nitrogens is 3. The Labute approximate surface area is 152 Å². The third-order valence-corrected chi connectivity index (χ3v) is 4.64. The van der Waals surface area contributed by atoms with E-state index in [1.807, 2.05) is 29.1 Å². The smallest absolute Gasteiger partial charge is 0.409 e. The predicted molar refractivity (Wildman–Crippen MR) is 97.8 cm³/mol. The van der Waals surface area contributed by atoms with E-state index in [-0.39, 0.29) is 6.09 Å². The van der Waals surface area contributed by atoms with E-state index in [2.05, 4.69) is 28.4 Å². The number of hydrogen-bond acceptors (Lipinski definition) is 4. The lowest BCUT2D eigenvalue weighted by molar-refractivity contribution is 0.130. The quantitative estimate of drug-likeness (QED) is 0.723. The highest BCUT2D eigenvalue weighted by molar-refractivity contribution is 5.70. The van der Waals surface area contributed by atoms with Crippen molar-refractivity contribution in [3.8, 4) is 16.9 Å². The zero-order valence-corrected chi connectivity index (χ0v) is 14.4. The van der Waals surface area contributed by atoms with Gasteiger partial charge in [-0.05, 0) is 30.5 Å². The van der Waals surface area contributed by atoms with Crippen molar-refractivity contribution in [1.29, 1.82) is 0 Å².